The first-order valence-electron chi connectivity index (χ1n) is 5.62. The highest BCUT2D eigenvalue weighted by Crippen LogP contribution is 2.32. The average Bonchev–Trinajstić information content (AvgIpc) is 2.96. The highest BCUT2D eigenvalue weighted by Gasteiger charge is 2.30. The lowest BCUT2D eigenvalue weighted by molar-refractivity contribution is -0.137. The van der Waals surface area contributed by atoms with Crippen LogP contribution in [-0.4, -0.2) is 25.7 Å². The standard InChI is InChI=1S/C12H6F3N3O2S/c13-12(14,15)7-3-1-6(2-4-7)9-17-18-8(10(19)20)5-16-11(18)21-9/h1-5H,(H,19,20). The summed E-state index contributed by atoms with van der Waals surface area (Å²) >= 11 is 1.10. The number of fused-ring (bicyclic) bond motifs is 1. The van der Waals surface area contributed by atoms with E-state index in [1.165, 1.54) is 18.3 Å². The second kappa shape index (κ2) is 4.55. The molecule has 9 heteroatoms. The van der Waals surface area contributed by atoms with Crippen molar-refractivity contribution >= 4 is 22.3 Å². The first-order chi connectivity index (χ1) is 9.86. The van der Waals surface area contributed by atoms with Crippen LogP contribution in [0.5, 0.6) is 0 Å². The normalized spacial score (nSPS) is 12.0. The van der Waals surface area contributed by atoms with Crippen LogP contribution >= 0.6 is 11.3 Å². The zero-order chi connectivity index (χ0) is 15.2. The van der Waals surface area contributed by atoms with Gasteiger partial charge in [0.15, 0.2) is 5.69 Å². The van der Waals surface area contributed by atoms with Crippen LogP contribution in [0.3, 0.4) is 0 Å². The molecule has 0 saturated heterocycles. The van der Waals surface area contributed by atoms with Crippen molar-refractivity contribution in [2.24, 2.45) is 0 Å². The Bertz CT molecular complexity index is 821. The maximum Gasteiger partial charge on any atom is 0.416 e. The Hall–Kier alpha value is -2.42. The molecule has 3 rings (SSSR count). The summed E-state index contributed by atoms with van der Waals surface area (Å²) in [5, 5.41) is 13.4. The largest absolute Gasteiger partial charge is 0.476 e. The number of carboxylic acid groups (broad SMARTS) is 1. The summed E-state index contributed by atoms with van der Waals surface area (Å²) in [4.78, 5) is 15.2. The van der Waals surface area contributed by atoms with Gasteiger partial charge in [0.25, 0.3) is 0 Å². The van der Waals surface area contributed by atoms with Crippen molar-refractivity contribution in [1.82, 2.24) is 14.6 Å². The van der Waals surface area contributed by atoms with Gasteiger partial charge in [-0.05, 0) is 12.1 Å². The number of benzene rings is 1. The molecule has 0 aliphatic rings. The van der Waals surface area contributed by atoms with Crippen LogP contribution in [0.1, 0.15) is 16.1 Å². The molecule has 0 saturated carbocycles. The average molecular weight is 313 g/mol. The van der Waals surface area contributed by atoms with E-state index in [2.05, 4.69) is 10.1 Å². The van der Waals surface area contributed by atoms with Gasteiger partial charge < -0.3 is 5.11 Å². The summed E-state index contributed by atoms with van der Waals surface area (Å²) in [5.41, 5.74) is -0.381. The molecular formula is C12H6F3N3O2S. The van der Waals surface area contributed by atoms with Crippen LogP contribution < -0.4 is 0 Å². The molecule has 1 N–H and O–H groups in total. The van der Waals surface area contributed by atoms with E-state index in [9.17, 15) is 18.0 Å². The lowest BCUT2D eigenvalue weighted by Crippen LogP contribution is -2.04. The van der Waals surface area contributed by atoms with Crippen LogP contribution in [0.15, 0.2) is 30.5 Å². The Labute approximate surface area is 119 Å². The number of hydrogen-bond acceptors (Lipinski definition) is 4. The van der Waals surface area contributed by atoms with E-state index in [1.807, 2.05) is 0 Å². The van der Waals surface area contributed by atoms with Crippen LogP contribution in [-0.2, 0) is 6.18 Å². The van der Waals surface area contributed by atoms with Crippen molar-refractivity contribution in [3.05, 3.63) is 41.7 Å². The zero-order valence-corrected chi connectivity index (χ0v) is 10.9. The number of nitrogens with zero attached hydrogens (tertiary/aromatic N) is 3. The number of rotatable bonds is 2. The first kappa shape index (κ1) is 13.6. The van der Waals surface area contributed by atoms with Gasteiger partial charge in [0, 0.05) is 5.56 Å². The van der Waals surface area contributed by atoms with Crippen molar-refractivity contribution < 1.29 is 23.1 Å². The Morgan fingerprint density at radius 3 is 2.48 bits per heavy atom. The van der Waals surface area contributed by atoms with Gasteiger partial charge in [-0.2, -0.15) is 22.8 Å². The number of alkyl halides is 3. The van der Waals surface area contributed by atoms with Gasteiger partial charge in [-0.25, -0.2) is 9.78 Å². The summed E-state index contributed by atoms with van der Waals surface area (Å²) in [6, 6.07) is 4.50. The van der Waals surface area contributed by atoms with Gasteiger partial charge >= 0.3 is 12.1 Å². The number of aromatic nitrogens is 3. The van der Waals surface area contributed by atoms with E-state index in [-0.39, 0.29) is 5.69 Å². The Balaban J connectivity index is 2.02. The third-order valence-electron chi connectivity index (χ3n) is 2.76. The van der Waals surface area contributed by atoms with Gasteiger partial charge in [-0.15, -0.1) is 0 Å². The van der Waals surface area contributed by atoms with Crippen molar-refractivity contribution in [2.75, 3.05) is 0 Å². The van der Waals surface area contributed by atoms with Crippen molar-refractivity contribution in [3.8, 4) is 10.6 Å². The van der Waals surface area contributed by atoms with Crippen molar-refractivity contribution in [1.29, 1.82) is 0 Å². The van der Waals surface area contributed by atoms with Gasteiger partial charge in [-0.1, -0.05) is 23.5 Å². The van der Waals surface area contributed by atoms with Crippen LogP contribution in [0.2, 0.25) is 0 Å². The Kier molecular flexibility index (Phi) is 2.94. The molecule has 0 amide bonds. The fourth-order valence-corrected chi connectivity index (χ4v) is 2.64. The molecule has 0 fully saturated rings. The molecule has 0 spiro atoms. The topological polar surface area (TPSA) is 67.5 Å². The summed E-state index contributed by atoms with van der Waals surface area (Å²) in [6.07, 6.45) is -3.22. The predicted octanol–water partition coefficient (Wildman–Crippen LogP) is 3.17. The predicted molar refractivity (Wildman–Crippen MR) is 68.3 cm³/mol. The molecule has 1 aromatic carbocycles. The number of imidazole rings is 1. The Morgan fingerprint density at radius 1 is 1.24 bits per heavy atom. The molecule has 0 unspecified atom stereocenters. The summed E-state index contributed by atoms with van der Waals surface area (Å²) in [5.74, 6) is -1.17. The third kappa shape index (κ3) is 2.35. The van der Waals surface area contributed by atoms with Gasteiger partial charge in [0.1, 0.15) is 5.01 Å². The molecule has 2 aromatic heterocycles. The minimum Gasteiger partial charge on any atom is -0.476 e. The molecular weight excluding hydrogens is 307 g/mol. The monoisotopic (exact) mass is 313 g/mol. The fourth-order valence-electron chi connectivity index (χ4n) is 1.76. The molecule has 21 heavy (non-hydrogen) atoms. The van der Waals surface area contributed by atoms with Gasteiger partial charge in [0.05, 0.1) is 11.8 Å². The molecule has 0 bridgehead atoms. The highest BCUT2D eigenvalue weighted by atomic mass is 32.1. The number of aromatic carboxylic acids is 1. The van der Waals surface area contributed by atoms with Crippen LogP contribution in [0.25, 0.3) is 15.5 Å². The number of halogens is 3. The highest BCUT2D eigenvalue weighted by molar-refractivity contribution is 7.19. The maximum absolute atomic E-state index is 12.5. The number of carbonyl (C=O) groups is 1. The minimum absolute atomic E-state index is 0.0978. The van der Waals surface area contributed by atoms with Crippen LogP contribution in [0.4, 0.5) is 13.2 Å². The van der Waals surface area contributed by atoms with Gasteiger partial charge in [-0.3, -0.25) is 0 Å². The number of carboxylic acids is 1. The van der Waals surface area contributed by atoms with Crippen LogP contribution in [0, 0.1) is 0 Å². The van der Waals surface area contributed by atoms with E-state index in [0.29, 0.717) is 15.5 Å². The lowest BCUT2D eigenvalue weighted by Gasteiger charge is -2.06. The second-order valence-corrected chi connectivity index (χ2v) is 5.08. The molecule has 2 heterocycles. The molecule has 5 nitrogen and oxygen atoms in total. The van der Waals surface area contributed by atoms with E-state index in [0.717, 1.165) is 28.0 Å². The molecule has 0 aliphatic carbocycles. The zero-order valence-electron chi connectivity index (χ0n) is 10.1. The smallest absolute Gasteiger partial charge is 0.416 e. The van der Waals surface area contributed by atoms with E-state index >= 15 is 0 Å². The molecule has 0 aliphatic heterocycles. The van der Waals surface area contributed by atoms with E-state index in [1.54, 1.807) is 0 Å². The SMILES string of the molecule is O=C(O)c1cnc2sc(-c3ccc(C(F)(F)F)cc3)nn12. The first-order valence-corrected chi connectivity index (χ1v) is 6.43. The molecule has 3 aromatic rings. The lowest BCUT2D eigenvalue weighted by atomic mass is 10.1. The van der Waals surface area contributed by atoms with Gasteiger partial charge in [0.2, 0.25) is 4.96 Å². The molecule has 0 radical (unpaired) electrons. The van der Waals surface area contributed by atoms with E-state index < -0.39 is 17.7 Å². The fraction of sp³-hybridized carbons (Fsp3) is 0.0833. The molecule has 108 valence electrons. The molecule has 0 atom stereocenters. The summed E-state index contributed by atoms with van der Waals surface area (Å²) < 4.78 is 38.6. The van der Waals surface area contributed by atoms with Crippen molar-refractivity contribution in [3.63, 3.8) is 0 Å². The van der Waals surface area contributed by atoms with E-state index in [4.69, 9.17) is 5.11 Å². The second-order valence-electron chi connectivity index (χ2n) is 4.13. The summed E-state index contributed by atoms with van der Waals surface area (Å²) in [6.45, 7) is 0. The summed E-state index contributed by atoms with van der Waals surface area (Å²) in [7, 11) is 0. The Morgan fingerprint density at radius 2 is 1.90 bits per heavy atom. The third-order valence-corrected chi connectivity index (χ3v) is 3.74. The minimum atomic E-state index is -4.40. The quantitative estimate of drug-likeness (QED) is 0.789. The number of hydrogen-bond donors (Lipinski definition) is 1. The maximum atomic E-state index is 12.5. The van der Waals surface area contributed by atoms with Crippen molar-refractivity contribution in [2.45, 2.75) is 6.18 Å².